The van der Waals surface area contributed by atoms with Gasteiger partial charge in [0.1, 0.15) is 0 Å². The van der Waals surface area contributed by atoms with Crippen molar-refractivity contribution in [3.63, 3.8) is 0 Å². The zero-order valence-electron chi connectivity index (χ0n) is 17.6. The molecule has 2 aromatic carbocycles. The molecule has 1 heterocycles. The highest BCUT2D eigenvalue weighted by Gasteiger charge is 2.30. The van der Waals surface area contributed by atoms with E-state index in [1.54, 1.807) is 0 Å². The number of carbonyl (C=O) groups excluding carboxylic acids is 1. The van der Waals surface area contributed by atoms with Gasteiger partial charge >= 0.3 is 6.18 Å². The Balaban J connectivity index is 1.51. The lowest BCUT2D eigenvalue weighted by molar-refractivity contribution is -0.137. The van der Waals surface area contributed by atoms with Gasteiger partial charge in [-0.3, -0.25) is 14.6 Å². The molecule has 1 unspecified atom stereocenters. The average molecular weight is 419 g/mol. The Morgan fingerprint density at radius 1 is 1.00 bits per heavy atom. The molecule has 4 nitrogen and oxygen atoms in total. The molecule has 0 aromatic heterocycles. The van der Waals surface area contributed by atoms with Gasteiger partial charge in [0.15, 0.2) is 0 Å². The van der Waals surface area contributed by atoms with Crippen molar-refractivity contribution >= 4 is 11.6 Å². The van der Waals surface area contributed by atoms with E-state index in [0.29, 0.717) is 6.54 Å². The minimum atomic E-state index is -4.31. The Kier molecular flexibility index (Phi) is 6.83. The summed E-state index contributed by atoms with van der Waals surface area (Å²) in [4.78, 5) is 17.1. The lowest BCUT2D eigenvalue weighted by Gasteiger charge is -2.37. The molecule has 1 atom stereocenters. The Morgan fingerprint density at radius 2 is 1.57 bits per heavy atom. The molecule has 162 valence electrons. The molecule has 0 radical (unpaired) electrons. The number of aryl methyl sites for hydroxylation is 2. The SMILES string of the molecule is Cc1cccc(C)c1NC(=O)C(C)N1CCN(Cc2ccc(C(F)(F)F)cc2)CC1. The molecule has 30 heavy (non-hydrogen) atoms. The highest BCUT2D eigenvalue weighted by atomic mass is 19.4. The first kappa shape index (κ1) is 22.3. The summed E-state index contributed by atoms with van der Waals surface area (Å²) in [5.74, 6) is -0.0245. The number of hydrogen-bond donors (Lipinski definition) is 1. The maximum Gasteiger partial charge on any atom is 0.416 e. The van der Waals surface area contributed by atoms with E-state index in [4.69, 9.17) is 0 Å². The number of hydrogen-bond acceptors (Lipinski definition) is 3. The van der Waals surface area contributed by atoms with Crippen LogP contribution in [-0.2, 0) is 17.5 Å². The number of anilines is 1. The van der Waals surface area contributed by atoms with Crippen LogP contribution in [0.4, 0.5) is 18.9 Å². The minimum absolute atomic E-state index is 0.0245. The van der Waals surface area contributed by atoms with Crippen LogP contribution in [0.25, 0.3) is 0 Å². The standard InChI is InChI=1S/C23H28F3N3O/c1-16-5-4-6-17(2)21(16)27-22(30)18(3)29-13-11-28(12-14-29)15-19-7-9-20(10-8-19)23(24,25)26/h4-10,18H,11-15H2,1-3H3,(H,27,30). The molecule has 0 aliphatic carbocycles. The Hall–Kier alpha value is -2.38. The second-order valence-electron chi connectivity index (χ2n) is 7.94. The number of rotatable bonds is 5. The summed E-state index contributed by atoms with van der Waals surface area (Å²) in [7, 11) is 0. The maximum atomic E-state index is 12.7. The van der Waals surface area contributed by atoms with Crippen LogP contribution in [-0.4, -0.2) is 47.9 Å². The zero-order chi connectivity index (χ0) is 21.9. The monoisotopic (exact) mass is 419 g/mol. The number of para-hydroxylation sites is 1. The van der Waals surface area contributed by atoms with Gasteiger partial charge in [-0.25, -0.2) is 0 Å². The summed E-state index contributed by atoms with van der Waals surface area (Å²) in [6, 6.07) is 11.0. The number of carbonyl (C=O) groups is 1. The van der Waals surface area contributed by atoms with Gasteiger partial charge in [0.05, 0.1) is 11.6 Å². The van der Waals surface area contributed by atoms with Crippen molar-refractivity contribution in [3.05, 3.63) is 64.7 Å². The second kappa shape index (κ2) is 9.18. The van der Waals surface area contributed by atoms with Gasteiger partial charge in [0, 0.05) is 38.4 Å². The Bertz CT molecular complexity index is 852. The quantitative estimate of drug-likeness (QED) is 0.777. The van der Waals surface area contributed by atoms with Crippen LogP contribution >= 0.6 is 0 Å². The fraction of sp³-hybridized carbons (Fsp3) is 0.435. The van der Waals surface area contributed by atoms with E-state index in [1.807, 2.05) is 39.0 Å². The fourth-order valence-electron chi connectivity index (χ4n) is 3.77. The van der Waals surface area contributed by atoms with Crippen molar-refractivity contribution in [2.75, 3.05) is 31.5 Å². The molecule has 3 rings (SSSR count). The molecule has 1 aliphatic rings. The largest absolute Gasteiger partial charge is 0.416 e. The lowest BCUT2D eigenvalue weighted by Crippen LogP contribution is -2.52. The van der Waals surface area contributed by atoms with Gasteiger partial charge < -0.3 is 5.32 Å². The molecule has 0 bridgehead atoms. The topological polar surface area (TPSA) is 35.6 Å². The van der Waals surface area contributed by atoms with Gasteiger partial charge in [0.25, 0.3) is 0 Å². The normalized spacial score (nSPS) is 17.0. The molecular formula is C23H28F3N3O. The smallest absolute Gasteiger partial charge is 0.324 e. The molecule has 0 spiro atoms. The number of nitrogens with one attached hydrogen (secondary N) is 1. The van der Waals surface area contributed by atoms with Crippen LogP contribution in [0.2, 0.25) is 0 Å². The van der Waals surface area contributed by atoms with E-state index >= 15 is 0 Å². The lowest BCUT2D eigenvalue weighted by atomic mass is 10.1. The summed E-state index contributed by atoms with van der Waals surface area (Å²) < 4.78 is 38.1. The third-order valence-electron chi connectivity index (χ3n) is 5.75. The van der Waals surface area contributed by atoms with Crippen LogP contribution < -0.4 is 5.32 Å². The highest BCUT2D eigenvalue weighted by molar-refractivity contribution is 5.95. The van der Waals surface area contributed by atoms with Crippen LogP contribution in [0, 0.1) is 13.8 Å². The van der Waals surface area contributed by atoms with Crippen molar-refractivity contribution in [1.29, 1.82) is 0 Å². The molecular weight excluding hydrogens is 391 g/mol. The van der Waals surface area contributed by atoms with E-state index in [1.165, 1.54) is 12.1 Å². The first-order valence-corrected chi connectivity index (χ1v) is 10.1. The van der Waals surface area contributed by atoms with E-state index in [-0.39, 0.29) is 11.9 Å². The van der Waals surface area contributed by atoms with Gasteiger partial charge in [-0.05, 0) is 49.6 Å². The fourth-order valence-corrected chi connectivity index (χ4v) is 3.77. The summed E-state index contributed by atoms with van der Waals surface area (Å²) in [5, 5.41) is 3.06. The zero-order valence-corrected chi connectivity index (χ0v) is 17.6. The second-order valence-corrected chi connectivity index (χ2v) is 7.94. The summed E-state index contributed by atoms with van der Waals surface area (Å²) >= 11 is 0. The molecule has 1 fully saturated rings. The molecule has 0 saturated carbocycles. The number of piperazine rings is 1. The summed E-state index contributed by atoms with van der Waals surface area (Å²) in [6.45, 7) is 9.48. The van der Waals surface area contributed by atoms with E-state index in [9.17, 15) is 18.0 Å². The summed E-state index contributed by atoms with van der Waals surface area (Å²) in [6.07, 6.45) is -4.31. The van der Waals surface area contributed by atoms with Crippen LogP contribution in [0.3, 0.4) is 0 Å². The van der Waals surface area contributed by atoms with Gasteiger partial charge in [0.2, 0.25) is 5.91 Å². The summed E-state index contributed by atoms with van der Waals surface area (Å²) in [5.41, 5.74) is 3.18. The molecule has 1 amide bonds. The predicted molar refractivity (Wildman–Crippen MR) is 112 cm³/mol. The van der Waals surface area contributed by atoms with Gasteiger partial charge in [-0.15, -0.1) is 0 Å². The maximum absolute atomic E-state index is 12.7. The van der Waals surface area contributed by atoms with E-state index in [2.05, 4.69) is 15.1 Å². The predicted octanol–water partition coefficient (Wildman–Crippen LogP) is 4.47. The number of alkyl halides is 3. The number of benzene rings is 2. The third kappa shape index (κ3) is 5.40. The van der Waals surface area contributed by atoms with Crippen molar-refractivity contribution in [3.8, 4) is 0 Å². The molecule has 1 N–H and O–H groups in total. The van der Waals surface area contributed by atoms with Crippen molar-refractivity contribution < 1.29 is 18.0 Å². The van der Waals surface area contributed by atoms with E-state index in [0.717, 1.165) is 60.7 Å². The molecule has 1 aliphatic heterocycles. The first-order chi connectivity index (χ1) is 14.1. The third-order valence-corrected chi connectivity index (χ3v) is 5.75. The highest BCUT2D eigenvalue weighted by Crippen LogP contribution is 2.29. The van der Waals surface area contributed by atoms with Gasteiger partial charge in [-0.1, -0.05) is 30.3 Å². The first-order valence-electron chi connectivity index (χ1n) is 10.1. The number of halogens is 3. The molecule has 7 heteroatoms. The van der Waals surface area contributed by atoms with Crippen molar-refractivity contribution in [2.24, 2.45) is 0 Å². The van der Waals surface area contributed by atoms with Gasteiger partial charge in [-0.2, -0.15) is 13.2 Å². The van der Waals surface area contributed by atoms with Crippen LogP contribution in [0.15, 0.2) is 42.5 Å². The van der Waals surface area contributed by atoms with Crippen LogP contribution in [0.5, 0.6) is 0 Å². The number of nitrogens with zero attached hydrogens (tertiary/aromatic N) is 2. The number of amides is 1. The molecule has 2 aromatic rings. The van der Waals surface area contributed by atoms with E-state index < -0.39 is 11.7 Å². The van der Waals surface area contributed by atoms with Crippen molar-refractivity contribution in [2.45, 2.75) is 39.5 Å². The Morgan fingerprint density at radius 3 is 2.10 bits per heavy atom. The average Bonchev–Trinajstić information content (AvgIpc) is 2.70. The Labute approximate surface area is 175 Å². The van der Waals surface area contributed by atoms with Crippen LogP contribution in [0.1, 0.15) is 29.2 Å². The van der Waals surface area contributed by atoms with Crippen molar-refractivity contribution in [1.82, 2.24) is 9.80 Å². The molecule has 1 saturated heterocycles. The minimum Gasteiger partial charge on any atom is -0.324 e.